The molecule has 0 atom stereocenters. The van der Waals surface area contributed by atoms with E-state index in [9.17, 15) is 0 Å². The molecule has 0 spiro atoms. The van der Waals surface area contributed by atoms with Crippen molar-refractivity contribution in [1.29, 1.82) is 0 Å². The second-order valence-corrected chi connectivity index (χ2v) is 6.13. The third-order valence-electron chi connectivity index (χ3n) is 5.05. The van der Waals surface area contributed by atoms with Crippen molar-refractivity contribution in [3.05, 3.63) is 0 Å². The molecule has 0 bridgehead atoms. The van der Waals surface area contributed by atoms with Gasteiger partial charge in [-0.05, 0) is 37.5 Å². The van der Waals surface area contributed by atoms with E-state index in [0.717, 1.165) is 25.7 Å². The average molecular weight is 254 g/mol. The molecular weight excluding hydrogens is 220 g/mol. The summed E-state index contributed by atoms with van der Waals surface area (Å²) < 4.78 is 0. The molecule has 0 radical (unpaired) electrons. The molecule has 18 heavy (non-hydrogen) atoms. The summed E-state index contributed by atoms with van der Waals surface area (Å²) >= 11 is 0. The lowest BCUT2D eigenvalue weighted by Gasteiger charge is -2.35. The first kappa shape index (κ1) is 17.6. The van der Waals surface area contributed by atoms with Gasteiger partial charge in [0.25, 0.3) is 0 Å². The van der Waals surface area contributed by atoms with Crippen LogP contribution in [-0.4, -0.2) is 11.1 Å². The van der Waals surface area contributed by atoms with Crippen molar-refractivity contribution in [3.8, 4) is 0 Å². The predicted octanol–water partition coefficient (Wildman–Crippen LogP) is 5.87. The van der Waals surface area contributed by atoms with Gasteiger partial charge in [0.15, 0.2) is 0 Å². The third-order valence-corrected chi connectivity index (χ3v) is 5.05. The normalized spacial score (nSPS) is 14.1. The van der Waals surface area contributed by atoms with Crippen LogP contribution >= 0.6 is 0 Å². The highest BCUT2D eigenvalue weighted by Crippen LogP contribution is 2.35. The number of hydrogen-bond acceptors (Lipinski definition) is 2. The lowest BCUT2D eigenvalue weighted by Crippen LogP contribution is -2.35. The Morgan fingerprint density at radius 2 is 0.833 bits per heavy atom. The van der Waals surface area contributed by atoms with Gasteiger partial charge in [-0.3, -0.25) is 0 Å². The largest absolute Gasteiger partial charge is 0.187 e. The molecule has 0 heterocycles. The van der Waals surface area contributed by atoms with E-state index in [2.05, 4.69) is 55.4 Å². The molecule has 0 aliphatic rings. The molecular formula is C16H34N2. The second-order valence-electron chi connectivity index (χ2n) is 6.13. The first-order valence-corrected chi connectivity index (χ1v) is 7.78. The minimum atomic E-state index is 0.0322. The maximum absolute atomic E-state index is 4.85. The number of azo groups is 1. The van der Waals surface area contributed by atoms with E-state index >= 15 is 0 Å². The van der Waals surface area contributed by atoms with Crippen LogP contribution in [0.1, 0.15) is 81.1 Å². The molecule has 0 aromatic carbocycles. The van der Waals surface area contributed by atoms with Crippen LogP contribution in [0.15, 0.2) is 10.2 Å². The molecule has 108 valence electrons. The van der Waals surface area contributed by atoms with E-state index in [1.807, 2.05) is 0 Å². The van der Waals surface area contributed by atoms with E-state index in [4.69, 9.17) is 10.2 Å². The molecule has 2 heteroatoms. The first-order chi connectivity index (χ1) is 8.34. The molecule has 0 aromatic heterocycles. The van der Waals surface area contributed by atoms with Crippen molar-refractivity contribution >= 4 is 0 Å². The van der Waals surface area contributed by atoms with E-state index in [1.54, 1.807) is 0 Å². The molecule has 0 N–H and O–H groups in total. The van der Waals surface area contributed by atoms with Gasteiger partial charge in [-0.15, -0.1) is 0 Å². The molecule has 0 fully saturated rings. The molecule has 0 rings (SSSR count). The summed E-state index contributed by atoms with van der Waals surface area (Å²) in [5, 5.41) is 9.70. The van der Waals surface area contributed by atoms with Crippen molar-refractivity contribution in [3.63, 3.8) is 0 Å². The van der Waals surface area contributed by atoms with Gasteiger partial charge in [-0.25, -0.2) is 0 Å². The van der Waals surface area contributed by atoms with Crippen LogP contribution in [0.25, 0.3) is 0 Å². The summed E-state index contributed by atoms with van der Waals surface area (Å²) in [7, 11) is 0. The minimum Gasteiger partial charge on any atom is -0.187 e. The van der Waals surface area contributed by atoms with E-state index in [1.165, 1.54) is 0 Å². The number of hydrogen-bond donors (Lipinski definition) is 0. The number of rotatable bonds is 8. The Hall–Kier alpha value is -0.400. The molecule has 2 nitrogen and oxygen atoms in total. The van der Waals surface area contributed by atoms with Crippen molar-refractivity contribution in [2.75, 3.05) is 0 Å². The van der Waals surface area contributed by atoms with Crippen molar-refractivity contribution in [2.45, 2.75) is 92.2 Å². The molecule has 0 unspecified atom stereocenters. The molecule has 0 aromatic rings. The fraction of sp³-hybridized carbons (Fsp3) is 1.00. The minimum absolute atomic E-state index is 0.0322. The maximum atomic E-state index is 4.85. The van der Waals surface area contributed by atoms with Crippen LogP contribution in [0, 0.1) is 11.8 Å². The van der Waals surface area contributed by atoms with Crippen LogP contribution in [0.4, 0.5) is 0 Å². The van der Waals surface area contributed by atoms with Gasteiger partial charge < -0.3 is 0 Å². The average Bonchev–Trinajstić information content (AvgIpc) is 2.35. The molecule has 0 amide bonds. The van der Waals surface area contributed by atoms with Gasteiger partial charge in [0.05, 0.1) is 11.1 Å². The fourth-order valence-electron chi connectivity index (χ4n) is 2.85. The molecule has 0 aliphatic heterocycles. The van der Waals surface area contributed by atoms with Gasteiger partial charge in [-0.1, -0.05) is 55.4 Å². The highest BCUT2D eigenvalue weighted by Gasteiger charge is 2.34. The highest BCUT2D eigenvalue weighted by molar-refractivity contribution is 4.92. The Balaban J connectivity index is 5.29. The maximum Gasteiger partial charge on any atom is 0.0833 e. The monoisotopic (exact) mass is 254 g/mol. The third kappa shape index (κ3) is 3.55. The number of nitrogens with zero attached hydrogens (tertiary/aromatic N) is 2. The van der Waals surface area contributed by atoms with Crippen LogP contribution in [-0.2, 0) is 0 Å². The standard InChI is InChI=1S/C16H34N2/c1-9-15(10-2,13(5)6)17-18-16(11-3,12-4)14(7)8/h13-14H,9-12H2,1-8H3. The lowest BCUT2D eigenvalue weighted by molar-refractivity contribution is 0.226. The Morgan fingerprint density at radius 1 is 0.611 bits per heavy atom. The quantitative estimate of drug-likeness (QED) is 0.484. The summed E-state index contributed by atoms with van der Waals surface area (Å²) in [6, 6.07) is 0. The summed E-state index contributed by atoms with van der Waals surface area (Å²) in [4.78, 5) is 0. The van der Waals surface area contributed by atoms with Crippen LogP contribution in [0.5, 0.6) is 0 Å². The Kier molecular flexibility index (Phi) is 7.09. The van der Waals surface area contributed by atoms with E-state index in [-0.39, 0.29) is 11.1 Å². The predicted molar refractivity (Wildman–Crippen MR) is 81.2 cm³/mol. The fourth-order valence-corrected chi connectivity index (χ4v) is 2.85. The first-order valence-electron chi connectivity index (χ1n) is 7.78. The van der Waals surface area contributed by atoms with Crippen LogP contribution < -0.4 is 0 Å². The Labute approximate surface area is 115 Å². The lowest BCUT2D eigenvalue weighted by atomic mass is 9.81. The topological polar surface area (TPSA) is 24.7 Å². The zero-order chi connectivity index (χ0) is 14.4. The molecule has 0 aliphatic carbocycles. The Bertz CT molecular complexity index is 220. The summed E-state index contributed by atoms with van der Waals surface area (Å²) in [6.07, 6.45) is 4.30. The van der Waals surface area contributed by atoms with Crippen molar-refractivity contribution in [1.82, 2.24) is 0 Å². The second kappa shape index (κ2) is 7.25. The summed E-state index contributed by atoms with van der Waals surface area (Å²) in [5.74, 6) is 1.10. The van der Waals surface area contributed by atoms with E-state index < -0.39 is 0 Å². The molecule has 0 saturated heterocycles. The van der Waals surface area contributed by atoms with Gasteiger partial charge in [-0.2, -0.15) is 10.2 Å². The highest BCUT2D eigenvalue weighted by atomic mass is 15.2. The smallest absolute Gasteiger partial charge is 0.0833 e. The van der Waals surface area contributed by atoms with Crippen molar-refractivity contribution < 1.29 is 0 Å². The zero-order valence-corrected chi connectivity index (χ0v) is 13.9. The zero-order valence-electron chi connectivity index (χ0n) is 13.9. The van der Waals surface area contributed by atoms with E-state index in [0.29, 0.717) is 11.8 Å². The van der Waals surface area contributed by atoms with Crippen LogP contribution in [0.3, 0.4) is 0 Å². The van der Waals surface area contributed by atoms with Gasteiger partial charge in [0, 0.05) is 0 Å². The Morgan fingerprint density at radius 3 is 0.944 bits per heavy atom. The molecule has 0 saturated carbocycles. The summed E-state index contributed by atoms with van der Waals surface area (Å²) in [5.41, 5.74) is 0.0644. The SMILES string of the molecule is CCC(CC)(N=NC(CC)(CC)C(C)C)C(C)C. The summed E-state index contributed by atoms with van der Waals surface area (Å²) in [6.45, 7) is 18.0. The van der Waals surface area contributed by atoms with Gasteiger partial charge in [0.1, 0.15) is 0 Å². The van der Waals surface area contributed by atoms with Crippen LogP contribution in [0.2, 0.25) is 0 Å². The van der Waals surface area contributed by atoms with Gasteiger partial charge in [0.2, 0.25) is 0 Å². The van der Waals surface area contributed by atoms with Crippen molar-refractivity contribution in [2.24, 2.45) is 22.1 Å². The van der Waals surface area contributed by atoms with Gasteiger partial charge >= 0.3 is 0 Å².